The van der Waals surface area contributed by atoms with Gasteiger partial charge in [0.05, 0.1) is 13.2 Å². The number of nitrogens with zero attached hydrogens (tertiary/aromatic N) is 2. The van der Waals surface area contributed by atoms with E-state index in [-0.39, 0.29) is 11.8 Å². The Bertz CT molecular complexity index is 1080. The summed E-state index contributed by atoms with van der Waals surface area (Å²) in [7, 11) is 0. The first-order chi connectivity index (χ1) is 15.6. The molecule has 3 N–H and O–H groups in total. The summed E-state index contributed by atoms with van der Waals surface area (Å²) in [5, 5.41) is 8.75. The molecule has 164 valence electrons. The van der Waals surface area contributed by atoms with E-state index < -0.39 is 0 Å². The van der Waals surface area contributed by atoms with Gasteiger partial charge in [-0.2, -0.15) is 0 Å². The molecular formula is C24H25N5O3. The molecule has 0 radical (unpaired) electrons. The van der Waals surface area contributed by atoms with E-state index in [0.29, 0.717) is 22.9 Å². The van der Waals surface area contributed by atoms with Gasteiger partial charge in [-0.1, -0.05) is 6.07 Å². The van der Waals surface area contributed by atoms with Crippen molar-refractivity contribution < 1.29 is 14.3 Å². The van der Waals surface area contributed by atoms with E-state index in [1.807, 2.05) is 18.2 Å². The van der Waals surface area contributed by atoms with Crippen LogP contribution >= 0.6 is 0 Å². The summed E-state index contributed by atoms with van der Waals surface area (Å²) in [5.41, 5.74) is 3.62. The minimum absolute atomic E-state index is 0.147. The number of morpholine rings is 1. The molecule has 1 aliphatic heterocycles. The molecule has 2 amide bonds. The van der Waals surface area contributed by atoms with Gasteiger partial charge in [-0.15, -0.1) is 0 Å². The van der Waals surface area contributed by atoms with E-state index in [0.717, 1.165) is 37.7 Å². The molecule has 1 aliphatic rings. The van der Waals surface area contributed by atoms with Crippen LogP contribution in [0.25, 0.3) is 0 Å². The number of ether oxygens (including phenoxy) is 1. The number of pyridine rings is 1. The second kappa shape index (κ2) is 9.93. The molecule has 0 atom stereocenters. The van der Waals surface area contributed by atoms with Gasteiger partial charge in [-0.3, -0.25) is 9.59 Å². The summed E-state index contributed by atoms with van der Waals surface area (Å²) < 4.78 is 5.40. The number of hydrogen-bond acceptors (Lipinski definition) is 6. The van der Waals surface area contributed by atoms with Crippen LogP contribution in [0.3, 0.4) is 0 Å². The second-order valence-corrected chi connectivity index (χ2v) is 7.39. The van der Waals surface area contributed by atoms with Crippen LogP contribution in [-0.2, 0) is 9.53 Å². The van der Waals surface area contributed by atoms with Crippen LogP contribution in [0.2, 0.25) is 0 Å². The number of nitrogens with one attached hydrogen (secondary N) is 3. The molecule has 0 unspecified atom stereocenters. The maximum Gasteiger partial charge on any atom is 0.274 e. The lowest BCUT2D eigenvalue weighted by molar-refractivity contribution is -0.114. The number of hydrogen-bond donors (Lipinski definition) is 3. The zero-order valence-electron chi connectivity index (χ0n) is 17.8. The fourth-order valence-electron chi connectivity index (χ4n) is 3.39. The van der Waals surface area contributed by atoms with E-state index in [1.165, 1.54) is 6.92 Å². The van der Waals surface area contributed by atoms with E-state index in [1.54, 1.807) is 36.4 Å². The standard InChI is InChI=1S/C24H25N5O3/c1-17(30)25-18-5-7-20(8-6-18)27-24(31)22-3-2-4-23(28-22)26-19-9-11-21(12-10-19)29-13-15-32-16-14-29/h2-12H,13-16H2,1H3,(H,25,30)(H,26,28)(H,27,31). The van der Waals surface area contributed by atoms with Crippen LogP contribution < -0.4 is 20.9 Å². The first-order valence-electron chi connectivity index (χ1n) is 10.4. The molecular weight excluding hydrogens is 406 g/mol. The third kappa shape index (κ3) is 5.61. The number of benzene rings is 2. The Kier molecular flexibility index (Phi) is 6.62. The van der Waals surface area contributed by atoms with Gasteiger partial charge in [0.15, 0.2) is 0 Å². The van der Waals surface area contributed by atoms with Crippen molar-refractivity contribution in [3.8, 4) is 0 Å². The van der Waals surface area contributed by atoms with E-state index in [4.69, 9.17) is 4.74 Å². The highest BCUT2D eigenvalue weighted by Gasteiger charge is 2.12. The number of anilines is 5. The highest BCUT2D eigenvalue weighted by Crippen LogP contribution is 2.21. The minimum atomic E-state index is -0.316. The smallest absolute Gasteiger partial charge is 0.274 e. The Labute approximate surface area is 186 Å². The molecule has 0 spiro atoms. The maximum atomic E-state index is 12.6. The molecule has 2 heterocycles. The Morgan fingerprint density at radius 1 is 0.844 bits per heavy atom. The number of carbonyl (C=O) groups excluding carboxylic acids is 2. The summed E-state index contributed by atoms with van der Waals surface area (Å²) in [6.07, 6.45) is 0. The van der Waals surface area contributed by atoms with Crippen LogP contribution in [0.4, 0.5) is 28.6 Å². The van der Waals surface area contributed by atoms with E-state index in [2.05, 4.69) is 38.0 Å². The molecule has 1 saturated heterocycles. The van der Waals surface area contributed by atoms with Crippen LogP contribution in [0, 0.1) is 0 Å². The van der Waals surface area contributed by atoms with Crippen molar-refractivity contribution in [1.29, 1.82) is 0 Å². The van der Waals surface area contributed by atoms with Crippen LogP contribution in [-0.4, -0.2) is 43.1 Å². The lowest BCUT2D eigenvalue weighted by Gasteiger charge is -2.28. The van der Waals surface area contributed by atoms with Gasteiger partial charge in [0.1, 0.15) is 11.5 Å². The van der Waals surface area contributed by atoms with Gasteiger partial charge in [-0.25, -0.2) is 4.98 Å². The number of amides is 2. The van der Waals surface area contributed by atoms with Crippen LogP contribution in [0.1, 0.15) is 17.4 Å². The fraction of sp³-hybridized carbons (Fsp3) is 0.208. The van der Waals surface area contributed by atoms with Gasteiger partial charge >= 0.3 is 0 Å². The molecule has 0 bridgehead atoms. The minimum Gasteiger partial charge on any atom is -0.378 e. The number of carbonyl (C=O) groups is 2. The van der Waals surface area contributed by atoms with Crippen LogP contribution in [0.15, 0.2) is 66.7 Å². The highest BCUT2D eigenvalue weighted by atomic mass is 16.5. The SMILES string of the molecule is CC(=O)Nc1ccc(NC(=O)c2cccc(Nc3ccc(N4CCOCC4)cc3)n2)cc1. The first kappa shape index (κ1) is 21.3. The third-order valence-electron chi connectivity index (χ3n) is 4.96. The third-order valence-corrected chi connectivity index (χ3v) is 4.96. The van der Waals surface area contributed by atoms with Crippen molar-refractivity contribution in [2.75, 3.05) is 47.2 Å². The Hall–Kier alpha value is -3.91. The zero-order valence-corrected chi connectivity index (χ0v) is 17.8. The normalized spacial score (nSPS) is 13.3. The summed E-state index contributed by atoms with van der Waals surface area (Å²) in [6.45, 7) is 4.72. The van der Waals surface area contributed by atoms with Crippen molar-refractivity contribution in [3.05, 3.63) is 72.4 Å². The zero-order chi connectivity index (χ0) is 22.3. The Balaban J connectivity index is 1.38. The number of rotatable bonds is 6. The summed E-state index contributed by atoms with van der Waals surface area (Å²) >= 11 is 0. The molecule has 1 aromatic heterocycles. The van der Waals surface area contributed by atoms with Crippen molar-refractivity contribution in [2.45, 2.75) is 6.92 Å². The van der Waals surface area contributed by atoms with Gasteiger partial charge < -0.3 is 25.6 Å². The lowest BCUT2D eigenvalue weighted by Crippen LogP contribution is -2.36. The topological polar surface area (TPSA) is 95.6 Å². The van der Waals surface area contributed by atoms with Gasteiger partial charge in [0, 0.05) is 42.8 Å². The lowest BCUT2D eigenvalue weighted by atomic mass is 10.2. The molecule has 4 rings (SSSR count). The average molecular weight is 431 g/mol. The molecule has 8 heteroatoms. The van der Waals surface area contributed by atoms with E-state index in [9.17, 15) is 9.59 Å². The molecule has 0 aliphatic carbocycles. The van der Waals surface area contributed by atoms with Crippen LogP contribution in [0.5, 0.6) is 0 Å². The Morgan fingerprint density at radius 2 is 1.47 bits per heavy atom. The number of aromatic nitrogens is 1. The van der Waals surface area contributed by atoms with Gasteiger partial charge in [-0.05, 0) is 60.7 Å². The average Bonchev–Trinajstić information content (AvgIpc) is 2.81. The van der Waals surface area contributed by atoms with Gasteiger partial charge in [0.2, 0.25) is 5.91 Å². The van der Waals surface area contributed by atoms with Crippen molar-refractivity contribution in [2.24, 2.45) is 0 Å². The summed E-state index contributed by atoms with van der Waals surface area (Å²) in [6, 6.07) is 20.3. The second-order valence-electron chi connectivity index (χ2n) is 7.39. The molecule has 0 saturated carbocycles. The maximum absolute atomic E-state index is 12.6. The quantitative estimate of drug-likeness (QED) is 0.548. The van der Waals surface area contributed by atoms with Crippen molar-refractivity contribution in [3.63, 3.8) is 0 Å². The Morgan fingerprint density at radius 3 is 2.12 bits per heavy atom. The molecule has 8 nitrogen and oxygen atoms in total. The summed E-state index contributed by atoms with van der Waals surface area (Å²) in [5.74, 6) is 0.118. The predicted octanol–water partition coefficient (Wildman–Crippen LogP) is 3.87. The summed E-state index contributed by atoms with van der Waals surface area (Å²) in [4.78, 5) is 30.4. The largest absolute Gasteiger partial charge is 0.378 e. The van der Waals surface area contributed by atoms with Gasteiger partial charge in [0.25, 0.3) is 5.91 Å². The van der Waals surface area contributed by atoms with Crippen molar-refractivity contribution in [1.82, 2.24) is 4.98 Å². The highest BCUT2D eigenvalue weighted by molar-refractivity contribution is 6.03. The molecule has 32 heavy (non-hydrogen) atoms. The predicted molar refractivity (Wildman–Crippen MR) is 126 cm³/mol. The molecule has 1 fully saturated rings. The monoisotopic (exact) mass is 431 g/mol. The first-order valence-corrected chi connectivity index (χ1v) is 10.4. The van der Waals surface area contributed by atoms with E-state index >= 15 is 0 Å². The fourth-order valence-corrected chi connectivity index (χ4v) is 3.39. The molecule has 3 aromatic rings. The molecule has 2 aromatic carbocycles. The van der Waals surface area contributed by atoms with Crippen molar-refractivity contribution >= 4 is 40.4 Å².